The number of nitrogens with one attached hydrogen (secondary N) is 1. The molecule has 1 N–H and O–H groups in total. The van der Waals surface area contributed by atoms with Gasteiger partial charge in [0, 0.05) is 38.3 Å². The molecule has 1 aromatic heterocycles. The highest BCUT2D eigenvalue weighted by Crippen LogP contribution is 2.57. The summed E-state index contributed by atoms with van der Waals surface area (Å²) in [6.07, 6.45) is 4.77. The molecule has 1 spiro atoms. The first kappa shape index (κ1) is 20.7. The van der Waals surface area contributed by atoms with Gasteiger partial charge in [0.1, 0.15) is 0 Å². The number of fused-ring (bicyclic) bond motifs is 1. The summed E-state index contributed by atoms with van der Waals surface area (Å²) >= 11 is 1.71. The third-order valence-corrected chi connectivity index (χ3v) is 7.77. The first-order chi connectivity index (χ1) is 13.6. The number of carbonyl (C=O) groups excluding carboxylic acids is 1. The largest absolute Gasteiger partial charge is 0.384 e. The molecule has 156 valence electrons. The average Bonchev–Trinajstić information content (AvgIpc) is 3.10. The molecule has 1 atom stereocenters. The van der Waals surface area contributed by atoms with Crippen molar-refractivity contribution in [2.24, 2.45) is 5.41 Å². The quantitative estimate of drug-likeness (QED) is 0.754. The summed E-state index contributed by atoms with van der Waals surface area (Å²) in [5, 5.41) is 7.84. The number of rotatable bonds is 5. The zero-order valence-electron chi connectivity index (χ0n) is 17.0. The van der Waals surface area contributed by atoms with E-state index >= 15 is 0 Å². The van der Waals surface area contributed by atoms with Crippen molar-refractivity contribution in [2.45, 2.75) is 51.7 Å². The van der Waals surface area contributed by atoms with E-state index in [2.05, 4.69) is 50.1 Å². The number of carbonyl (C=O) groups is 1. The lowest BCUT2D eigenvalue weighted by molar-refractivity contribution is -0.130. The number of amides is 1. The Morgan fingerprint density at radius 3 is 2.86 bits per heavy atom. The van der Waals surface area contributed by atoms with E-state index in [0.717, 1.165) is 39.1 Å². The fourth-order valence-electron chi connectivity index (χ4n) is 5.26. The van der Waals surface area contributed by atoms with Crippen LogP contribution in [0.2, 0.25) is 0 Å². The van der Waals surface area contributed by atoms with Gasteiger partial charge in [-0.25, -0.2) is 0 Å². The number of halogens is 1. The Balaban J connectivity index is 0.00000205. The molecule has 2 fully saturated rings. The number of para-hydroxylation sites is 1. The summed E-state index contributed by atoms with van der Waals surface area (Å²) in [5.41, 5.74) is 5.94. The van der Waals surface area contributed by atoms with Crippen LogP contribution in [0, 0.1) is 5.41 Å². The normalized spacial score (nSPS) is 21.9. The fraction of sp³-hybridized carbons (Fsp3) is 0.522. The molecular weight excluding hydrogens is 402 g/mol. The van der Waals surface area contributed by atoms with Crippen molar-refractivity contribution < 1.29 is 4.79 Å². The SMILES string of the molecule is CC(=O)N(Cc1ccsc1)C1CC12CCN(Cc1cccc3c1NCC3)CC2.Cl. The summed E-state index contributed by atoms with van der Waals surface area (Å²) in [4.78, 5) is 17.0. The highest BCUT2D eigenvalue weighted by Gasteiger charge is 2.58. The summed E-state index contributed by atoms with van der Waals surface area (Å²) in [6.45, 7) is 6.91. The number of hydrogen-bond donors (Lipinski definition) is 1. The Bertz CT molecular complexity index is 861. The number of piperidine rings is 1. The van der Waals surface area contributed by atoms with E-state index < -0.39 is 0 Å². The molecule has 6 heteroatoms. The molecule has 1 saturated carbocycles. The van der Waals surface area contributed by atoms with Gasteiger partial charge in [-0.05, 0) is 77.7 Å². The Labute approximate surface area is 183 Å². The molecule has 2 aliphatic heterocycles. The third-order valence-electron chi connectivity index (χ3n) is 7.04. The van der Waals surface area contributed by atoms with Gasteiger partial charge in [-0.1, -0.05) is 18.2 Å². The van der Waals surface area contributed by atoms with Gasteiger partial charge in [-0.15, -0.1) is 12.4 Å². The Morgan fingerprint density at radius 2 is 2.14 bits per heavy atom. The second-order valence-corrected chi connectivity index (χ2v) is 9.55. The van der Waals surface area contributed by atoms with Gasteiger partial charge in [-0.3, -0.25) is 9.69 Å². The summed E-state index contributed by atoms with van der Waals surface area (Å²) in [7, 11) is 0. The lowest BCUT2D eigenvalue weighted by atomic mass is 9.91. The maximum Gasteiger partial charge on any atom is 0.220 e. The molecule has 1 amide bonds. The second-order valence-electron chi connectivity index (χ2n) is 8.76. The van der Waals surface area contributed by atoms with Crippen LogP contribution in [-0.4, -0.2) is 41.4 Å². The highest BCUT2D eigenvalue weighted by molar-refractivity contribution is 7.07. The standard InChI is InChI=1S/C23H29N3OS.ClH/c1-17(27)26(14-18-6-12-28-16-18)21-13-23(21)7-10-25(11-8-23)15-20-4-2-3-19-5-9-24-22(19)20;/h2-4,6,12,16,21,24H,5,7-11,13-15H2,1H3;1H. The van der Waals surface area contributed by atoms with Crippen molar-refractivity contribution in [3.05, 3.63) is 51.7 Å². The predicted octanol–water partition coefficient (Wildman–Crippen LogP) is 4.54. The van der Waals surface area contributed by atoms with Crippen LogP contribution in [0.1, 0.15) is 42.9 Å². The third kappa shape index (κ3) is 4.05. The van der Waals surface area contributed by atoms with Crippen molar-refractivity contribution in [2.75, 3.05) is 25.0 Å². The van der Waals surface area contributed by atoms with E-state index in [1.165, 1.54) is 41.6 Å². The van der Waals surface area contributed by atoms with E-state index in [9.17, 15) is 4.79 Å². The minimum absolute atomic E-state index is 0. The topological polar surface area (TPSA) is 35.6 Å². The molecular formula is C23H30ClN3OS. The number of thiophene rings is 1. The molecule has 29 heavy (non-hydrogen) atoms. The zero-order chi connectivity index (χ0) is 19.1. The summed E-state index contributed by atoms with van der Waals surface area (Å²) in [6, 6.07) is 9.32. The Morgan fingerprint density at radius 1 is 1.31 bits per heavy atom. The van der Waals surface area contributed by atoms with E-state index in [4.69, 9.17) is 0 Å². The molecule has 1 aromatic carbocycles. The van der Waals surface area contributed by atoms with Crippen molar-refractivity contribution in [3.63, 3.8) is 0 Å². The monoisotopic (exact) mass is 431 g/mol. The summed E-state index contributed by atoms with van der Waals surface area (Å²) in [5.74, 6) is 0.224. The van der Waals surface area contributed by atoms with Gasteiger partial charge >= 0.3 is 0 Å². The van der Waals surface area contributed by atoms with Crippen molar-refractivity contribution in [3.8, 4) is 0 Å². The average molecular weight is 432 g/mol. The van der Waals surface area contributed by atoms with Crippen molar-refractivity contribution >= 4 is 35.3 Å². The minimum Gasteiger partial charge on any atom is -0.384 e. The number of anilines is 1. The van der Waals surface area contributed by atoms with Gasteiger partial charge in [0.15, 0.2) is 0 Å². The van der Waals surface area contributed by atoms with Gasteiger partial charge in [0.2, 0.25) is 5.91 Å². The lowest BCUT2D eigenvalue weighted by Crippen LogP contribution is -2.39. The van der Waals surface area contributed by atoms with Gasteiger partial charge < -0.3 is 10.2 Å². The fourth-order valence-corrected chi connectivity index (χ4v) is 5.92. The molecule has 3 aliphatic rings. The van der Waals surface area contributed by atoms with Crippen molar-refractivity contribution in [1.82, 2.24) is 9.80 Å². The van der Waals surface area contributed by atoms with E-state index in [1.54, 1.807) is 18.3 Å². The predicted molar refractivity (Wildman–Crippen MR) is 122 cm³/mol. The number of likely N-dealkylation sites (tertiary alicyclic amines) is 1. The Kier molecular flexibility index (Phi) is 5.92. The van der Waals surface area contributed by atoms with Crippen LogP contribution >= 0.6 is 23.7 Å². The van der Waals surface area contributed by atoms with E-state index in [0.29, 0.717) is 11.5 Å². The highest BCUT2D eigenvalue weighted by atomic mass is 35.5. The molecule has 5 rings (SSSR count). The molecule has 0 radical (unpaired) electrons. The molecule has 4 nitrogen and oxygen atoms in total. The minimum atomic E-state index is 0. The lowest BCUT2D eigenvalue weighted by Gasteiger charge is -2.35. The Hall–Kier alpha value is -1.56. The van der Waals surface area contributed by atoms with Gasteiger partial charge in [0.05, 0.1) is 0 Å². The number of benzene rings is 1. The number of hydrogen-bond acceptors (Lipinski definition) is 4. The summed E-state index contributed by atoms with van der Waals surface area (Å²) < 4.78 is 0. The van der Waals surface area contributed by atoms with Gasteiger partial charge in [-0.2, -0.15) is 11.3 Å². The van der Waals surface area contributed by atoms with Gasteiger partial charge in [0.25, 0.3) is 0 Å². The van der Waals surface area contributed by atoms with Crippen LogP contribution in [0.15, 0.2) is 35.0 Å². The first-order valence-electron chi connectivity index (χ1n) is 10.5. The van der Waals surface area contributed by atoms with Crippen LogP contribution in [0.3, 0.4) is 0 Å². The molecule has 1 saturated heterocycles. The van der Waals surface area contributed by atoms with E-state index in [-0.39, 0.29) is 18.3 Å². The maximum atomic E-state index is 12.3. The molecule has 1 unspecified atom stereocenters. The van der Waals surface area contributed by atoms with E-state index in [1.807, 2.05) is 0 Å². The van der Waals surface area contributed by atoms with Crippen LogP contribution in [-0.2, 0) is 24.3 Å². The van der Waals surface area contributed by atoms with Crippen LogP contribution in [0.5, 0.6) is 0 Å². The zero-order valence-corrected chi connectivity index (χ0v) is 18.7. The molecule has 3 heterocycles. The van der Waals surface area contributed by atoms with Crippen LogP contribution in [0.4, 0.5) is 5.69 Å². The van der Waals surface area contributed by atoms with Crippen molar-refractivity contribution in [1.29, 1.82) is 0 Å². The first-order valence-corrected chi connectivity index (χ1v) is 11.4. The van der Waals surface area contributed by atoms with Crippen LogP contribution in [0.25, 0.3) is 0 Å². The van der Waals surface area contributed by atoms with Crippen LogP contribution < -0.4 is 5.32 Å². The smallest absolute Gasteiger partial charge is 0.220 e. The number of nitrogens with zero attached hydrogens (tertiary/aromatic N) is 2. The maximum absolute atomic E-state index is 12.3. The molecule has 2 aromatic rings. The molecule has 0 bridgehead atoms. The second kappa shape index (κ2) is 8.29. The molecule has 1 aliphatic carbocycles.